The summed E-state index contributed by atoms with van der Waals surface area (Å²) in [5.41, 5.74) is 1.96. The van der Waals surface area contributed by atoms with Crippen molar-refractivity contribution in [2.24, 2.45) is 0 Å². The van der Waals surface area contributed by atoms with Crippen molar-refractivity contribution in [1.82, 2.24) is 15.6 Å². The number of aryl methyl sites for hydroxylation is 1. The number of amides is 1. The highest BCUT2D eigenvalue weighted by Gasteiger charge is 2.15. The van der Waals surface area contributed by atoms with E-state index in [1.165, 1.54) is 0 Å². The molecule has 1 aromatic rings. The maximum atomic E-state index is 12.0. The van der Waals surface area contributed by atoms with E-state index in [1.807, 2.05) is 19.1 Å². The number of carbonyl (C=O) groups is 1. The number of aromatic nitrogens is 1. The minimum Gasteiger partial charge on any atom is -0.353 e. The second-order valence-corrected chi connectivity index (χ2v) is 4.89. The Morgan fingerprint density at radius 2 is 2.39 bits per heavy atom. The van der Waals surface area contributed by atoms with Crippen molar-refractivity contribution >= 4 is 5.91 Å². The Morgan fingerprint density at radius 1 is 1.50 bits per heavy atom. The van der Waals surface area contributed by atoms with E-state index in [0.717, 1.165) is 43.6 Å². The van der Waals surface area contributed by atoms with Crippen LogP contribution in [-0.4, -0.2) is 30.0 Å². The Kier molecular flexibility index (Phi) is 4.70. The van der Waals surface area contributed by atoms with Crippen LogP contribution in [0.2, 0.25) is 0 Å². The van der Waals surface area contributed by atoms with Crippen molar-refractivity contribution < 1.29 is 4.79 Å². The minimum absolute atomic E-state index is 0.0868. The molecule has 1 fully saturated rings. The van der Waals surface area contributed by atoms with Gasteiger partial charge in [0.05, 0.1) is 12.1 Å². The van der Waals surface area contributed by atoms with Crippen LogP contribution in [0.4, 0.5) is 0 Å². The molecule has 0 aliphatic carbocycles. The Labute approximate surface area is 108 Å². The lowest BCUT2D eigenvalue weighted by Gasteiger charge is -2.16. The van der Waals surface area contributed by atoms with Crippen LogP contribution in [0.15, 0.2) is 18.3 Å². The van der Waals surface area contributed by atoms with Crippen molar-refractivity contribution in [3.63, 3.8) is 0 Å². The van der Waals surface area contributed by atoms with Gasteiger partial charge in [0.2, 0.25) is 5.91 Å². The summed E-state index contributed by atoms with van der Waals surface area (Å²) in [6.07, 6.45) is 5.35. The van der Waals surface area contributed by atoms with Gasteiger partial charge in [-0.05, 0) is 50.9 Å². The molecule has 0 bridgehead atoms. The standard InChI is InChI=1S/C14H21N3O/c1-11-4-2-8-16-13(11)10-14(18)17-12-5-3-7-15-9-6-12/h2,4,8,12,15H,3,5-7,9-10H2,1H3,(H,17,18). The predicted molar refractivity (Wildman–Crippen MR) is 71.3 cm³/mol. The molecular weight excluding hydrogens is 226 g/mol. The summed E-state index contributed by atoms with van der Waals surface area (Å²) in [6, 6.07) is 4.20. The topological polar surface area (TPSA) is 54.0 Å². The maximum Gasteiger partial charge on any atom is 0.226 e. The molecule has 98 valence electrons. The number of carbonyl (C=O) groups excluding carboxylic acids is 1. The van der Waals surface area contributed by atoms with E-state index in [9.17, 15) is 4.79 Å². The van der Waals surface area contributed by atoms with Crippen LogP contribution in [0.3, 0.4) is 0 Å². The van der Waals surface area contributed by atoms with Crippen LogP contribution < -0.4 is 10.6 Å². The molecule has 4 nitrogen and oxygen atoms in total. The molecule has 1 atom stereocenters. The summed E-state index contributed by atoms with van der Waals surface area (Å²) < 4.78 is 0. The smallest absolute Gasteiger partial charge is 0.226 e. The monoisotopic (exact) mass is 247 g/mol. The van der Waals surface area contributed by atoms with Crippen molar-refractivity contribution in [2.75, 3.05) is 13.1 Å². The fourth-order valence-electron chi connectivity index (χ4n) is 2.30. The molecule has 0 spiro atoms. The SMILES string of the molecule is Cc1cccnc1CC(=O)NC1CCCNCC1. The van der Waals surface area contributed by atoms with Gasteiger partial charge in [0.25, 0.3) is 0 Å². The number of hydrogen-bond donors (Lipinski definition) is 2. The molecule has 1 saturated heterocycles. The molecule has 0 aromatic carbocycles. The zero-order chi connectivity index (χ0) is 12.8. The van der Waals surface area contributed by atoms with E-state index in [4.69, 9.17) is 0 Å². The average Bonchev–Trinajstić information content (AvgIpc) is 2.61. The summed E-state index contributed by atoms with van der Waals surface area (Å²) in [5.74, 6) is 0.0868. The van der Waals surface area contributed by atoms with E-state index in [-0.39, 0.29) is 5.91 Å². The molecule has 4 heteroatoms. The van der Waals surface area contributed by atoms with E-state index in [0.29, 0.717) is 12.5 Å². The number of nitrogens with one attached hydrogen (secondary N) is 2. The molecular formula is C14H21N3O. The predicted octanol–water partition coefficient (Wildman–Crippen LogP) is 1.19. The van der Waals surface area contributed by atoms with Gasteiger partial charge in [-0.15, -0.1) is 0 Å². The highest BCUT2D eigenvalue weighted by atomic mass is 16.1. The molecule has 2 N–H and O–H groups in total. The van der Waals surface area contributed by atoms with Gasteiger partial charge in [-0.3, -0.25) is 9.78 Å². The van der Waals surface area contributed by atoms with Crippen LogP contribution >= 0.6 is 0 Å². The molecule has 1 unspecified atom stereocenters. The van der Waals surface area contributed by atoms with Gasteiger partial charge in [0.1, 0.15) is 0 Å². The van der Waals surface area contributed by atoms with Gasteiger partial charge in [0, 0.05) is 12.2 Å². The first-order chi connectivity index (χ1) is 8.75. The lowest BCUT2D eigenvalue weighted by Crippen LogP contribution is -2.36. The highest BCUT2D eigenvalue weighted by Crippen LogP contribution is 2.07. The Hall–Kier alpha value is -1.42. The van der Waals surface area contributed by atoms with E-state index in [2.05, 4.69) is 15.6 Å². The highest BCUT2D eigenvalue weighted by molar-refractivity contribution is 5.78. The van der Waals surface area contributed by atoms with Crippen LogP contribution in [0.25, 0.3) is 0 Å². The lowest BCUT2D eigenvalue weighted by atomic mass is 10.1. The number of hydrogen-bond acceptors (Lipinski definition) is 3. The number of nitrogens with zero attached hydrogens (tertiary/aromatic N) is 1. The molecule has 2 rings (SSSR count). The van der Waals surface area contributed by atoms with Crippen molar-refractivity contribution in [3.8, 4) is 0 Å². The fraction of sp³-hybridized carbons (Fsp3) is 0.571. The van der Waals surface area contributed by atoms with Gasteiger partial charge in [-0.2, -0.15) is 0 Å². The van der Waals surface area contributed by atoms with E-state index < -0.39 is 0 Å². The molecule has 1 aliphatic heterocycles. The normalized spacial score (nSPS) is 20.2. The zero-order valence-corrected chi connectivity index (χ0v) is 10.9. The Morgan fingerprint density at radius 3 is 3.22 bits per heavy atom. The van der Waals surface area contributed by atoms with Gasteiger partial charge in [-0.1, -0.05) is 6.07 Å². The van der Waals surface area contributed by atoms with Gasteiger partial charge < -0.3 is 10.6 Å². The van der Waals surface area contributed by atoms with Crippen LogP contribution in [0.5, 0.6) is 0 Å². The quantitative estimate of drug-likeness (QED) is 0.843. The van der Waals surface area contributed by atoms with Crippen LogP contribution in [0.1, 0.15) is 30.5 Å². The zero-order valence-electron chi connectivity index (χ0n) is 10.9. The van der Waals surface area contributed by atoms with E-state index in [1.54, 1.807) is 6.20 Å². The van der Waals surface area contributed by atoms with Crippen LogP contribution in [0, 0.1) is 6.92 Å². The molecule has 1 aromatic heterocycles. The van der Waals surface area contributed by atoms with Crippen molar-refractivity contribution in [3.05, 3.63) is 29.6 Å². The molecule has 18 heavy (non-hydrogen) atoms. The summed E-state index contributed by atoms with van der Waals surface area (Å²) in [4.78, 5) is 16.2. The maximum absolute atomic E-state index is 12.0. The number of rotatable bonds is 3. The fourth-order valence-corrected chi connectivity index (χ4v) is 2.30. The second kappa shape index (κ2) is 6.50. The van der Waals surface area contributed by atoms with Crippen LogP contribution in [-0.2, 0) is 11.2 Å². The molecule has 0 radical (unpaired) electrons. The first-order valence-corrected chi connectivity index (χ1v) is 6.66. The summed E-state index contributed by atoms with van der Waals surface area (Å²) in [7, 11) is 0. The average molecular weight is 247 g/mol. The van der Waals surface area contributed by atoms with Gasteiger partial charge in [0.15, 0.2) is 0 Å². The van der Waals surface area contributed by atoms with Crippen molar-refractivity contribution in [1.29, 1.82) is 0 Å². The van der Waals surface area contributed by atoms with Crippen molar-refractivity contribution in [2.45, 2.75) is 38.6 Å². The first kappa shape index (κ1) is 13.0. The van der Waals surface area contributed by atoms with E-state index >= 15 is 0 Å². The Bertz CT molecular complexity index is 398. The summed E-state index contributed by atoms with van der Waals surface area (Å²) in [6.45, 7) is 4.05. The first-order valence-electron chi connectivity index (χ1n) is 6.66. The lowest BCUT2D eigenvalue weighted by molar-refractivity contribution is -0.121. The van der Waals surface area contributed by atoms with Gasteiger partial charge >= 0.3 is 0 Å². The molecule has 1 aliphatic rings. The third-order valence-electron chi connectivity index (χ3n) is 3.39. The third-order valence-corrected chi connectivity index (χ3v) is 3.39. The molecule has 0 saturated carbocycles. The summed E-state index contributed by atoms with van der Waals surface area (Å²) >= 11 is 0. The second-order valence-electron chi connectivity index (χ2n) is 4.89. The molecule has 1 amide bonds. The van der Waals surface area contributed by atoms with Gasteiger partial charge in [-0.25, -0.2) is 0 Å². The summed E-state index contributed by atoms with van der Waals surface area (Å²) in [5, 5.41) is 6.46. The third kappa shape index (κ3) is 3.81. The molecule has 2 heterocycles. The largest absolute Gasteiger partial charge is 0.353 e. The minimum atomic E-state index is 0.0868. The number of pyridine rings is 1. The Balaban J connectivity index is 1.86.